The molecule has 0 radical (unpaired) electrons. The van der Waals surface area contributed by atoms with Crippen LogP contribution in [0.2, 0.25) is 0 Å². The number of aromatic nitrogens is 3. The largest absolute Gasteiger partial charge is 0.393 e. The van der Waals surface area contributed by atoms with Crippen LogP contribution in [0.3, 0.4) is 0 Å². The average molecular weight is 482 g/mol. The quantitative estimate of drug-likeness (QED) is 0.612. The summed E-state index contributed by atoms with van der Waals surface area (Å²) in [5.74, 6) is -1.55. The van der Waals surface area contributed by atoms with Crippen molar-refractivity contribution >= 4 is 32.0 Å². The molecule has 1 unspecified atom stereocenters. The van der Waals surface area contributed by atoms with Crippen LogP contribution in [0, 0.1) is 5.92 Å². The number of nitrogens with zero attached hydrogens (tertiary/aromatic N) is 4. The third-order valence-corrected chi connectivity index (χ3v) is 8.75. The number of halogens is 3. The van der Waals surface area contributed by atoms with Gasteiger partial charge in [-0.25, -0.2) is 22.7 Å². The Hall–Kier alpha value is -2.24. The number of piperidine rings is 2. The van der Waals surface area contributed by atoms with E-state index in [9.17, 15) is 21.6 Å². The summed E-state index contributed by atoms with van der Waals surface area (Å²) in [7, 11) is -3.78. The van der Waals surface area contributed by atoms with Gasteiger partial charge in [-0.3, -0.25) is 4.90 Å². The third-order valence-electron chi connectivity index (χ3n) is 6.94. The second-order valence-corrected chi connectivity index (χ2v) is 11.0. The first kappa shape index (κ1) is 22.5. The zero-order valence-corrected chi connectivity index (χ0v) is 18.9. The highest BCUT2D eigenvalue weighted by molar-refractivity contribution is 7.89. The lowest BCUT2D eigenvalue weighted by molar-refractivity contribution is -0.182. The smallest absolute Gasteiger partial charge is 0.360 e. The van der Waals surface area contributed by atoms with Gasteiger partial charge in [0.2, 0.25) is 10.0 Å². The SMILES string of the molecule is O=S(=O)(CN1CCC(c2cc[nH]c3cnc4nccc4c23)CC1)N1CCCC(C(F)(F)F)C1. The zero-order chi connectivity index (χ0) is 23.2. The second-order valence-electron chi connectivity index (χ2n) is 9.03. The molecule has 5 heterocycles. The Morgan fingerprint density at radius 2 is 1.88 bits per heavy atom. The van der Waals surface area contributed by atoms with E-state index >= 15 is 0 Å². The van der Waals surface area contributed by atoms with E-state index in [0.29, 0.717) is 18.7 Å². The van der Waals surface area contributed by atoms with E-state index in [1.54, 1.807) is 12.4 Å². The summed E-state index contributed by atoms with van der Waals surface area (Å²) in [6, 6.07) is 4.02. The van der Waals surface area contributed by atoms with Crippen molar-refractivity contribution in [2.75, 3.05) is 32.1 Å². The molecule has 1 N–H and O–H groups in total. The number of likely N-dealkylation sites (tertiary alicyclic amines) is 1. The molecule has 11 heteroatoms. The van der Waals surface area contributed by atoms with Gasteiger partial charge in [0, 0.05) is 36.3 Å². The molecule has 2 aliphatic heterocycles. The molecule has 3 aromatic rings. The summed E-state index contributed by atoms with van der Waals surface area (Å²) in [6.07, 6.45) is 2.84. The van der Waals surface area contributed by atoms with Crippen LogP contribution in [-0.4, -0.2) is 70.8 Å². The Morgan fingerprint density at radius 3 is 2.64 bits per heavy atom. The van der Waals surface area contributed by atoms with Crippen molar-refractivity contribution in [3.05, 3.63) is 36.3 Å². The Bertz CT molecular complexity index is 1250. The highest BCUT2D eigenvalue weighted by Gasteiger charge is 2.44. The molecule has 7 nitrogen and oxygen atoms in total. The molecule has 2 aliphatic rings. The number of hydrogen-bond acceptors (Lipinski definition) is 5. The van der Waals surface area contributed by atoms with E-state index in [0.717, 1.165) is 33.4 Å². The topological polar surface area (TPSA) is 82.2 Å². The van der Waals surface area contributed by atoms with E-state index in [1.807, 2.05) is 17.2 Å². The highest BCUT2D eigenvalue weighted by atomic mass is 32.2. The second kappa shape index (κ2) is 8.52. The molecule has 1 atom stereocenters. The van der Waals surface area contributed by atoms with Crippen molar-refractivity contribution < 1.29 is 21.6 Å². The van der Waals surface area contributed by atoms with Crippen LogP contribution >= 0.6 is 0 Å². The summed E-state index contributed by atoms with van der Waals surface area (Å²) >= 11 is 0. The molecule has 0 bridgehead atoms. The normalized spacial score (nSPS) is 22.3. The number of fused-ring (bicyclic) bond motifs is 3. The van der Waals surface area contributed by atoms with Gasteiger partial charge in [-0.2, -0.15) is 13.2 Å². The van der Waals surface area contributed by atoms with Gasteiger partial charge >= 0.3 is 6.18 Å². The number of sulfonamides is 1. The average Bonchev–Trinajstić information content (AvgIpc) is 3.28. The number of H-pyrrole nitrogens is 1. The molecule has 3 aromatic heterocycles. The number of aromatic amines is 1. The Morgan fingerprint density at radius 1 is 1.09 bits per heavy atom. The Kier molecular flexibility index (Phi) is 5.82. The highest BCUT2D eigenvalue weighted by Crippen LogP contribution is 2.36. The molecule has 33 heavy (non-hydrogen) atoms. The standard InChI is InChI=1S/C22H26F3N5O2S/c23-22(24,25)16-2-1-9-30(13-16)33(31,32)14-29-10-5-15(6-11-29)17-3-7-26-19-12-28-21-18(20(17)19)4-8-27-21/h3-4,7-8,12,15-16,26H,1-2,5-6,9-11,13-14H2. The van der Waals surface area contributed by atoms with Gasteiger partial charge in [0.15, 0.2) is 5.65 Å². The van der Waals surface area contributed by atoms with E-state index in [-0.39, 0.29) is 31.2 Å². The molecular weight excluding hydrogens is 455 g/mol. The van der Waals surface area contributed by atoms with Crippen molar-refractivity contribution in [2.24, 2.45) is 5.92 Å². The molecule has 2 saturated heterocycles. The number of hydrogen-bond donors (Lipinski definition) is 1. The predicted octanol–water partition coefficient (Wildman–Crippen LogP) is 3.85. The molecule has 5 rings (SSSR count). The van der Waals surface area contributed by atoms with Crippen LogP contribution in [0.4, 0.5) is 13.2 Å². The van der Waals surface area contributed by atoms with Gasteiger partial charge in [-0.05, 0) is 62.4 Å². The summed E-state index contributed by atoms with van der Waals surface area (Å²) in [5, 5.41) is 2.09. The first-order valence-corrected chi connectivity index (χ1v) is 12.8. The first-order chi connectivity index (χ1) is 15.7. The molecule has 2 fully saturated rings. The number of pyridine rings is 2. The van der Waals surface area contributed by atoms with Gasteiger partial charge < -0.3 is 4.98 Å². The minimum atomic E-state index is -4.36. The molecule has 0 aromatic carbocycles. The Balaban J connectivity index is 1.28. The Labute approximate surface area is 190 Å². The zero-order valence-electron chi connectivity index (χ0n) is 18.1. The van der Waals surface area contributed by atoms with Gasteiger partial charge in [0.25, 0.3) is 0 Å². The molecule has 178 valence electrons. The minimum absolute atomic E-state index is 0.00886. The lowest BCUT2D eigenvalue weighted by Gasteiger charge is -2.36. The minimum Gasteiger partial charge on any atom is -0.360 e. The van der Waals surface area contributed by atoms with Crippen LogP contribution in [-0.2, 0) is 10.0 Å². The summed E-state index contributed by atoms with van der Waals surface area (Å²) < 4.78 is 66.1. The fourth-order valence-electron chi connectivity index (χ4n) is 5.17. The van der Waals surface area contributed by atoms with E-state index < -0.39 is 28.7 Å². The fraction of sp³-hybridized carbons (Fsp3) is 0.545. The molecule has 0 aliphatic carbocycles. The van der Waals surface area contributed by atoms with Crippen molar-refractivity contribution in [2.45, 2.75) is 37.8 Å². The van der Waals surface area contributed by atoms with Crippen molar-refractivity contribution in [1.82, 2.24) is 24.2 Å². The molecule has 0 amide bonds. The maximum Gasteiger partial charge on any atom is 0.393 e. The van der Waals surface area contributed by atoms with Gasteiger partial charge in [-0.1, -0.05) is 0 Å². The van der Waals surface area contributed by atoms with Gasteiger partial charge in [-0.15, -0.1) is 0 Å². The lowest BCUT2D eigenvalue weighted by atomic mass is 9.87. The van der Waals surface area contributed by atoms with Gasteiger partial charge in [0.1, 0.15) is 5.88 Å². The maximum absolute atomic E-state index is 13.1. The van der Waals surface area contributed by atoms with Gasteiger partial charge in [0.05, 0.1) is 17.6 Å². The maximum atomic E-state index is 13.1. The molecule has 0 spiro atoms. The van der Waals surface area contributed by atoms with Crippen LogP contribution in [0.25, 0.3) is 21.9 Å². The van der Waals surface area contributed by atoms with Crippen molar-refractivity contribution in [3.8, 4) is 0 Å². The predicted molar refractivity (Wildman–Crippen MR) is 119 cm³/mol. The van der Waals surface area contributed by atoms with Crippen LogP contribution in [0.1, 0.15) is 37.2 Å². The van der Waals surface area contributed by atoms with Crippen LogP contribution < -0.4 is 0 Å². The van der Waals surface area contributed by atoms with Crippen molar-refractivity contribution in [1.29, 1.82) is 0 Å². The van der Waals surface area contributed by atoms with E-state index in [2.05, 4.69) is 21.0 Å². The fourth-order valence-corrected chi connectivity index (χ4v) is 6.87. The van der Waals surface area contributed by atoms with Crippen LogP contribution in [0.5, 0.6) is 0 Å². The third kappa shape index (κ3) is 4.45. The number of rotatable bonds is 4. The lowest BCUT2D eigenvalue weighted by Crippen LogP contribution is -2.48. The van der Waals surface area contributed by atoms with Crippen LogP contribution in [0.15, 0.2) is 30.7 Å². The first-order valence-electron chi connectivity index (χ1n) is 11.2. The number of alkyl halides is 3. The van der Waals surface area contributed by atoms with E-state index in [4.69, 9.17) is 0 Å². The molecular formula is C22H26F3N5O2S. The molecule has 0 saturated carbocycles. The number of nitrogens with one attached hydrogen (secondary N) is 1. The summed E-state index contributed by atoms with van der Waals surface area (Å²) in [5.41, 5.74) is 2.82. The van der Waals surface area contributed by atoms with Crippen molar-refractivity contribution in [3.63, 3.8) is 0 Å². The summed E-state index contributed by atoms with van der Waals surface area (Å²) in [4.78, 5) is 13.8. The summed E-state index contributed by atoms with van der Waals surface area (Å²) in [6.45, 7) is 0.851. The monoisotopic (exact) mass is 481 g/mol. The van der Waals surface area contributed by atoms with E-state index in [1.165, 1.54) is 5.56 Å².